The summed E-state index contributed by atoms with van der Waals surface area (Å²) < 4.78 is 13.5. The number of benzene rings is 2. The van der Waals surface area contributed by atoms with Crippen molar-refractivity contribution >= 4 is 5.69 Å². The standard InChI is InChI=1S/C16H17FN2O2/c1-11-7-13(9-14(17)8-11)15(18-2)10-12-5-3-4-6-16(12)19(20)21/h3-9,15,18H,10H2,1-2H3. The highest BCUT2D eigenvalue weighted by Crippen LogP contribution is 2.25. The monoisotopic (exact) mass is 288 g/mol. The molecular weight excluding hydrogens is 271 g/mol. The van der Waals surface area contributed by atoms with Crippen molar-refractivity contribution in [3.63, 3.8) is 0 Å². The summed E-state index contributed by atoms with van der Waals surface area (Å²) in [5, 5.41) is 14.2. The van der Waals surface area contributed by atoms with Crippen molar-refractivity contribution in [2.75, 3.05) is 7.05 Å². The molecule has 1 unspecified atom stereocenters. The van der Waals surface area contributed by atoms with Crippen molar-refractivity contribution in [1.29, 1.82) is 0 Å². The van der Waals surface area contributed by atoms with Crippen LogP contribution in [0.3, 0.4) is 0 Å². The number of aryl methyl sites for hydroxylation is 1. The van der Waals surface area contributed by atoms with Gasteiger partial charge in [-0.15, -0.1) is 0 Å². The second-order valence-corrected chi connectivity index (χ2v) is 4.99. The van der Waals surface area contributed by atoms with Crippen LogP contribution in [0.4, 0.5) is 10.1 Å². The molecule has 0 saturated heterocycles. The summed E-state index contributed by atoms with van der Waals surface area (Å²) in [5.74, 6) is -0.298. The Hall–Kier alpha value is -2.27. The second kappa shape index (κ2) is 6.45. The van der Waals surface area contributed by atoms with Crippen LogP contribution in [0.25, 0.3) is 0 Å². The van der Waals surface area contributed by atoms with E-state index in [0.717, 1.165) is 11.1 Å². The Morgan fingerprint density at radius 3 is 2.62 bits per heavy atom. The highest BCUT2D eigenvalue weighted by molar-refractivity contribution is 5.41. The summed E-state index contributed by atoms with van der Waals surface area (Å²) in [6.07, 6.45) is 0.427. The maximum Gasteiger partial charge on any atom is 0.272 e. The van der Waals surface area contributed by atoms with Gasteiger partial charge in [0.25, 0.3) is 5.69 Å². The molecule has 0 saturated carbocycles. The summed E-state index contributed by atoms with van der Waals surface area (Å²) in [4.78, 5) is 10.7. The second-order valence-electron chi connectivity index (χ2n) is 4.99. The molecule has 0 amide bonds. The van der Waals surface area contributed by atoms with E-state index in [0.29, 0.717) is 12.0 Å². The molecule has 2 aromatic rings. The van der Waals surface area contributed by atoms with Gasteiger partial charge in [0.2, 0.25) is 0 Å². The lowest BCUT2D eigenvalue weighted by atomic mass is 9.96. The van der Waals surface area contributed by atoms with E-state index in [1.807, 2.05) is 13.0 Å². The maximum atomic E-state index is 13.5. The number of halogens is 1. The molecule has 5 heteroatoms. The van der Waals surface area contributed by atoms with Gasteiger partial charge in [0, 0.05) is 17.7 Å². The van der Waals surface area contributed by atoms with Crippen LogP contribution in [0, 0.1) is 22.9 Å². The SMILES string of the molecule is CNC(Cc1ccccc1[N+](=O)[O-])c1cc(C)cc(F)c1. The van der Waals surface area contributed by atoms with Gasteiger partial charge in [-0.3, -0.25) is 10.1 Å². The van der Waals surface area contributed by atoms with E-state index < -0.39 is 0 Å². The summed E-state index contributed by atoms with van der Waals surface area (Å²) in [6, 6.07) is 11.3. The van der Waals surface area contributed by atoms with Crippen molar-refractivity contribution in [3.05, 3.63) is 75.1 Å². The van der Waals surface area contributed by atoms with E-state index in [4.69, 9.17) is 0 Å². The largest absolute Gasteiger partial charge is 0.313 e. The van der Waals surface area contributed by atoms with Crippen molar-refractivity contribution < 1.29 is 9.31 Å². The number of para-hydroxylation sites is 1. The first kappa shape index (κ1) is 15.1. The summed E-state index contributed by atoms with van der Waals surface area (Å²) in [7, 11) is 1.76. The molecule has 110 valence electrons. The van der Waals surface area contributed by atoms with E-state index in [-0.39, 0.29) is 22.5 Å². The minimum Gasteiger partial charge on any atom is -0.313 e. The lowest BCUT2D eigenvalue weighted by Gasteiger charge is -2.17. The zero-order valence-corrected chi connectivity index (χ0v) is 12.0. The van der Waals surface area contributed by atoms with Gasteiger partial charge in [-0.2, -0.15) is 0 Å². The molecule has 21 heavy (non-hydrogen) atoms. The molecule has 0 aromatic heterocycles. The first-order chi connectivity index (χ1) is 10.0. The lowest BCUT2D eigenvalue weighted by Crippen LogP contribution is -2.19. The lowest BCUT2D eigenvalue weighted by molar-refractivity contribution is -0.385. The Morgan fingerprint density at radius 1 is 1.29 bits per heavy atom. The molecule has 0 aliphatic carbocycles. The molecule has 2 aromatic carbocycles. The molecule has 0 fully saturated rings. The molecule has 1 N–H and O–H groups in total. The molecule has 4 nitrogen and oxygen atoms in total. The van der Waals surface area contributed by atoms with E-state index in [2.05, 4.69) is 5.32 Å². The predicted molar refractivity (Wildman–Crippen MR) is 79.7 cm³/mol. The number of likely N-dealkylation sites (N-methyl/N-ethyl adjacent to an activating group) is 1. The van der Waals surface area contributed by atoms with Crippen LogP contribution in [-0.4, -0.2) is 12.0 Å². The normalized spacial score (nSPS) is 12.1. The third-order valence-corrected chi connectivity index (χ3v) is 3.43. The van der Waals surface area contributed by atoms with E-state index in [9.17, 15) is 14.5 Å². The van der Waals surface area contributed by atoms with Crippen LogP contribution < -0.4 is 5.32 Å². The van der Waals surface area contributed by atoms with Gasteiger partial charge in [0.05, 0.1) is 4.92 Å². The predicted octanol–water partition coefficient (Wildman–Crippen LogP) is 3.55. The molecule has 0 radical (unpaired) electrons. The fourth-order valence-electron chi connectivity index (χ4n) is 2.43. The fourth-order valence-corrected chi connectivity index (χ4v) is 2.43. The first-order valence-electron chi connectivity index (χ1n) is 6.68. The average Bonchev–Trinajstić information content (AvgIpc) is 2.43. The maximum absolute atomic E-state index is 13.5. The third kappa shape index (κ3) is 3.64. The molecule has 0 bridgehead atoms. The van der Waals surface area contributed by atoms with Gasteiger partial charge < -0.3 is 5.32 Å². The molecule has 1 atom stereocenters. The summed E-state index contributed by atoms with van der Waals surface area (Å²) in [6.45, 7) is 1.82. The fraction of sp³-hybridized carbons (Fsp3) is 0.250. The Kier molecular flexibility index (Phi) is 4.65. The number of nitrogens with zero attached hydrogens (tertiary/aromatic N) is 1. The van der Waals surface area contributed by atoms with Crippen molar-refractivity contribution in [1.82, 2.24) is 5.32 Å². The van der Waals surface area contributed by atoms with Crippen molar-refractivity contribution in [3.8, 4) is 0 Å². The third-order valence-electron chi connectivity index (χ3n) is 3.43. The highest BCUT2D eigenvalue weighted by Gasteiger charge is 2.18. The Bertz CT molecular complexity index is 638. The zero-order valence-electron chi connectivity index (χ0n) is 12.0. The van der Waals surface area contributed by atoms with Gasteiger partial charge in [0.15, 0.2) is 0 Å². The van der Waals surface area contributed by atoms with Gasteiger partial charge in [-0.05, 0) is 43.7 Å². The van der Waals surface area contributed by atoms with Crippen LogP contribution in [0.1, 0.15) is 22.7 Å². The summed E-state index contributed by atoms with van der Waals surface area (Å²) >= 11 is 0. The minimum atomic E-state index is -0.390. The van der Waals surface area contributed by atoms with Gasteiger partial charge in [-0.1, -0.05) is 24.3 Å². The smallest absolute Gasteiger partial charge is 0.272 e. The molecule has 2 rings (SSSR count). The van der Waals surface area contributed by atoms with Crippen LogP contribution in [0.2, 0.25) is 0 Å². The van der Waals surface area contributed by atoms with Crippen molar-refractivity contribution in [2.24, 2.45) is 0 Å². The molecule has 0 aliphatic heterocycles. The number of hydrogen-bond acceptors (Lipinski definition) is 3. The topological polar surface area (TPSA) is 55.2 Å². The summed E-state index contributed by atoms with van der Waals surface area (Å²) in [5.41, 5.74) is 2.33. The quantitative estimate of drug-likeness (QED) is 0.676. The molecule has 0 spiro atoms. The first-order valence-corrected chi connectivity index (χ1v) is 6.68. The number of rotatable bonds is 5. The number of nitro benzene ring substituents is 1. The molecule has 0 heterocycles. The Labute approximate surface area is 122 Å². The average molecular weight is 288 g/mol. The highest BCUT2D eigenvalue weighted by atomic mass is 19.1. The molecule has 0 aliphatic rings. The van der Waals surface area contributed by atoms with E-state index in [1.54, 1.807) is 25.2 Å². The van der Waals surface area contributed by atoms with Gasteiger partial charge >= 0.3 is 0 Å². The minimum absolute atomic E-state index is 0.0888. The van der Waals surface area contributed by atoms with Crippen LogP contribution in [0.5, 0.6) is 0 Å². The Balaban J connectivity index is 2.33. The van der Waals surface area contributed by atoms with Crippen LogP contribution >= 0.6 is 0 Å². The number of nitrogens with one attached hydrogen (secondary N) is 1. The number of hydrogen-bond donors (Lipinski definition) is 1. The van der Waals surface area contributed by atoms with Crippen molar-refractivity contribution in [2.45, 2.75) is 19.4 Å². The van der Waals surface area contributed by atoms with Gasteiger partial charge in [-0.25, -0.2) is 4.39 Å². The van der Waals surface area contributed by atoms with E-state index in [1.165, 1.54) is 18.2 Å². The Morgan fingerprint density at radius 2 is 2.00 bits per heavy atom. The molecular formula is C16H17FN2O2. The van der Waals surface area contributed by atoms with Crippen LogP contribution in [0.15, 0.2) is 42.5 Å². The zero-order chi connectivity index (χ0) is 15.4. The van der Waals surface area contributed by atoms with Gasteiger partial charge in [0.1, 0.15) is 5.82 Å². The van der Waals surface area contributed by atoms with E-state index >= 15 is 0 Å². The van der Waals surface area contributed by atoms with Crippen LogP contribution in [-0.2, 0) is 6.42 Å². The number of nitro groups is 1.